The SMILES string of the molecule is CC(C)C1=C2C3CC[C@@H]4[C@@]5(C)CC[C@H](OC(=O)CC(C)(C)C(=O)O)C(C)(C)[C@@H]5CC[C@@]4(C)[C@]3(C)CC[C@@]2([C@@H](O)CN2CCCN(C)CC2)CC1=O. The summed E-state index contributed by atoms with van der Waals surface area (Å²) in [5.41, 5.74) is 0.741. The van der Waals surface area contributed by atoms with Crippen molar-refractivity contribution in [2.75, 3.05) is 39.8 Å². The zero-order valence-electron chi connectivity index (χ0n) is 33.7. The van der Waals surface area contributed by atoms with Gasteiger partial charge in [0.05, 0.1) is 17.9 Å². The highest BCUT2D eigenvalue weighted by molar-refractivity contribution is 6.00. The normalized spacial score (nSPS) is 40.9. The molecular weight excluding hydrogens is 640 g/mol. The lowest BCUT2D eigenvalue weighted by Gasteiger charge is -2.72. The number of rotatable bonds is 8. The smallest absolute Gasteiger partial charge is 0.309 e. The third kappa shape index (κ3) is 6.08. The first-order chi connectivity index (χ1) is 23.6. The highest BCUT2D eigenvalue weighted by Gasteiger charge is 2.70. The van der Waals surface area contributed by atoms with Gasteiger partial charge in [0.15, 0.2) is 5.78 Å². The number of carboxylic acids is 1. The topological polar surface area (TPSA) is 107 Å². The maximum absolute atomic E-state index is 14.1. The van der Waals surface area contributed by atoms with Crippen molar-refractivity contribution in [1.82, 2.24) is 9.80 Å². The first-order valence-electron chi connectivity index (χ1n) is 20.4. The van der Waals surface area contributed by atoms with Crippen molar-refractivity contribution in [2.24, 2.45) is 56.2 Å². The highest BCUT2D eigenvalue weighted by Crippen LogP contribution is 2.77. The van der Waals surface area contributed by atoms with Crippen LogP contribution in [0.4, 0.5) is 0 Å². The van der Waals surface area contributed by atoms with Gasteiger partial charge in [-0.2, -0.15) is 0 Å². The lowest BCUT2D eigenvalue weighted by molar-refractivity contribution is -0.235. The number of hydrogen-bond donors (Lipinski definition) is 2. The summed E-state index contributed by atoms with van der Waals surface area (Å²) in [4.78, 5) is 43.8. The van der Waals surface area contributed by atoms with Crippen LogP contribution in [0.5, 0.6) is 0 Å². The number of ether oxygens (including phenoxy) is 1. The van der Waals surface area contributed by atoms with Gasteiger partial charge in [0.1, 0.15) is 6.10 Å². The van der Waals surface area contributed by atoms with Gasteiger partial charge in [0.2, 0.25) is 0 Å². The summed E-state index contributed by atoms with van der Waals surface area (Å²) < 4.78 is 6.18. The Balaban J connectivity index is 1.28. The molecule has 288 valence electrons. The van der Waals surface area contributed by atoms with Crippen LogP contribution in [0.2, 0.25) is 0 Å². The van der Waals surface area contributed by atoms with Crippen molar-refractivity contribution < 1.29 is 29.3 Å². The zero-order valence-corrected chi connectivity index (χ0v) is 33.7. The monoisotopic (exact) mass is 711 g/mol. The molecule has 0 bridgehead atoms. The number of nitrogens with zero attached hydrogens (tertiary/aromatic N) is 2. The second kappa shape index (κ2) is 13.2. The number of carboxylic acid groups (broad SMARTS) is 1. The average molecular weight is 711 g/mol. The molecule has 51 heavy (non-hydrogen) atoms. The van der Waals surface area contributed by atoms with Gasteiger partial charge in [-0.15, -0.1) is 0 Å². The van der Waals surface area contributed by atoms with Gasteiger partial charge in [-0.05, 0) is 137 Å². The van der Waals surface area contributed by atoms with Gasteiger partial charge in [-0.25, -0.2) is 0 Å². The van der Waals surface area contributed by atoms with Crippen LogP contribution in [0.25, 0.3) is 0 Å². The van der Waals surface area contributed by atoms with Crippen LogP contribution in [-0.2, 0) is 19.1 Å². The van der Waals surface area contributed by atoms with E-state index in [0.29, 0.717) is 30.7 Å². The van der Waals surface area contributed by atoms with Crippen molar-refractivity contribution in [3.8, 4) is 0 Å². The molecule has 0 aromatic heterocycles. The average Bonchev–Trinajstić information content (AvgIpc) is 3.19. The first kappa shape index (κ1) is 38.9. The van der Waals surface area contributed by atoms with Gasteiger partial charge in [-0.3, -0.25) is 19.3 Å². The molecule has 6 rings (SSSR count). The van der Waals surface area contributed by atoms with Crippen LogP contribution in [0, 0.1) is 56.2 Å². The Morgan fingerprint density at radius 2 is 1.61 bits per heavy atom. The Bertz CT molecular complexity index is 1430. The highest BCUT2D eigenvalue weighted by atomic mass is 16.5. The molecule has 0 spiro atoms. The van der Waals surface area contributed by atoms with Crippen molar-refractivity contribution in [3.05, 3.63) is 11.1 Å². The predicted octanol–water partition coefficient (Wildman–Crippen LogP) is 7.38. The number of carbonyl (C=O) groups excluding carboxylic acids is 2. The van der Waals surface area contributed by atoms with Crippen LogP contribution in [0.3, 0.4) is 0 Å². The molecule has 9 atom stereocenters. The lowest BCUT2D eigenvalue weighted by Crippen LogP contribution is -2.66. The number of aliphatic hydroxyl groups is 1. The number of fused-ring (bicyclic) bond motifs is 7. The van der Waals surface area contributed by atoms with Gasteiger partial charge >= 0.3 is 11.9 Å². The molecule has 1 saturated heterocycles. The van der Waals surface area contributed by atoms with E-state index in [2.05, 4.69) is 65.3 Å². The number of likely N-dealkylation sites (N-methyl/N-ethyl adjacent to an activating group) is 1. The molecule has 0 aromatic rings. The Kier molecular flexibility index (Phi) is 10.1. The fourth-order valence-corrected chi connectivity index (χ4v) is 13.6. The van der Waals surface area contributed by atoms with Crippen LogP contribution in [0.1, 0.15) is 133 Å². The molecular formula is C43H70N2O6. The van der Waals surface area contributed by atoms with E-state index in [1.807, 2.05) is 0 Å². The number of carbonyl (C=O) groups is 3. The van der Waals surface area contributed by atoms with E-state index >= 15 is 0 Å². The summed E-state index contributed by atoms with van der Waals surface area (Å²) >= 11 is 0. The van der Waals surface area contributed by atoms with E-state index in [4.69, 9.17) is 4.74 Å². The molecule has 0 amide bonds. The fraction of sp³-hybridized carbons (Fsp3) is 0.884. The molecule has 1 heterocycles. The van der Waals surface area contributed by atoms with Gasteiger partial charge in [0.25, 0.3) is 0 Å². The molecule has 4 saturated carbocycles. The molecule has 0 radical (unpaired) electrons. The van der Waals surface area contributed by atoms with Crippen molar-refractivity contribution in [3.63, 3.8) is 0 Å². The molecule has 1 aliphatic heterocycles. The molecule has 5 fully saturated rings. The first-order valence-corrected chi connectivity index (χ1v) is 20.4. The second-order valence-corrected chi connectivity index (χ2v) is 20.5. The number of aliphatic carboxylic acids is 1. The summed E-state index contributed by atoms with van der Waals surface area (Å²) in [6.45, 7) is 24.5. The number of Topliss-reactive ketones (excluding diaryl/α,β-unsaturated/α-hetero) is 1. The Morgan fingerprint density at radius 3 is 2.27 bits per heavy atom. The largest absolute Gasteiger partial charge is 0.481 e. The summed E-state index contributed by atoms with van der Waals surface area (Å²) in [5.74, 6) is 0.233. The van der Waals surface area contributed by atoms with Crippen LogP contribution >= 0.6 is 0 Å². The van der Waals surface area contributed by atoms with Crippen LogP contribution in [0.15, 0.2) is 11.1 Å². The van der Waals surface area contributed by atoms with E-state index in [9.17, 15) is 24.6 Å². The molecule has 8 heteroatoms. The standard InChI is InChI=1S/C43H70N2O6/c1-27(2)35-29(46)24-43(32(47)26-45-21-11-20-44(10)22-23-45)19-18-41(8)28(36(35)43)12-13-31-40(7)16-15-33(51-34(48)25-38(3,4)37(49)50)39(5,6)30(40)14-17-42(31,41)9/h27-28,30-33,47H,11-26H2,1-10H3,(H,49,50)/t28?,30-,31+,32-,33-,40-,41+,42+,43-/m0/s1. The van der Waals surface area contributed by atoms with Crippen LogP contribution < -0.4 is 0 Å². The van der Waals surface area contributed by atoms with Gasteiger partial charge in [0, 0.05) is 36.9 Å². The quantitative estimate of drug-likeness (QED) is 0.252. The zero-order chi connectivity index (χ0) is 37.5. The molecule has 6 aliphatic rings. The Morgan fingerprint density at radius 1 is 0.902 bits per heavy atom. The Labute approximate surface area is 308 Å². The minimum absolute atomic E-state index is 0.0222. The minimum Gasteiger partial charge on any atom is -0.481 e. The van der Waals surface area contributed by atoms with Crippen molar-refractivity contribution >= 4 is 17.7 Å². The number of esters is 1. The van der Waals surface area contributed by atoms with Gasteiger partial charge < -0.3 is 19.8 Å². The summed E-state index contributed by atoms with van der Waals surface area (Å²) in [5, 5.41) is 22.0. The number of ketones is 1. The third-order valence-corrected chi connectivity index (χ3v) is 16.7. The summed E-state index contributed by atoms with van der Waals surface area (Å²) in [6, 6.07) is 0. The molecule has 5 aliphatic carbocycles. The van der Waals surface area contributed by atoms with Crippen molar-refractivity contribution in [2.45, 2.75) is 145 Å². The summed E-state index contributed by atoms with van der Waals surface area (Å²) in [6.07, 6.45) is 8.74. The molecule has 1 unspecified atom stereocenters. The van der Waals surface area contributed by atoms with E-state index in [1.54, 1.807) is 13.8 Å². The number of aliphatic hydroxyl groups excluding tert-OH is 1. The number of hydrogen-bond acceptors (Lipinski definition) is 7. The predicted molar refractivity (Wildman–Crippen MR) is 200 cm³/mol. The molecule has 2 N–H and O–H groups in total. The maximum Gasteiger partial charge on any atom is 0.309 e. The molecule has 0 aromatic carbocycles. The fourth-order valence-electron chi connectivity index (χ4n) is 13.6. The van der Waals surface area contributed by atoms with E-state index in [-0.39, 0.29) is 45.9 Å². The second-order valence-electron chi connectivity index (χ2n) is 20.5. The maximum atomic E-state index is 14.1. The van der Waals surface area contributed by atoms with Crippen molar-refractivity contribution in [1.29, 1.82) is 0 Å². The van der Waals surface area contributed by atoms with Crippen LogP contribution in [-0.4, -0.2) is 89.7 Å². The Hall–Kier alpha value is -1.77. The van der Waals surface area contributed by atoms with Gasteiger partial charge in [-0.1, -0.05) is 54.0 Å². The number of β-amino-alcohol motifs (C(OH)–C–C–N with tert-alkyl or cyclic N) is 1. The van der Waals surface area contributed by atoms with E-state index in [1.165, 1.54) is 5.57 Å². The van der Waals surface area contributed by atoms with E-state index in [0.717, 1.165) is 89.5 Å². The minimum atomic E-state index is -1.16. The third-order valence-electron chi connectivity index (χ3n) is 16.7. The lowest BCUT2D eigenvalue weighted by atomic mass is 9.33. The summed E-state index contributed by atoms with van der Waals surface area (Å²) in [7, 11) is 2.18. The molecule has 8 nitrogen and oxygen atoms in total. The number of allylic oxidation sites excluding steroid dienone is 1. The van der Waals surface area contributed by atoms with E-state index < -0.39 is 28.9 Å².